The number of fused-ring (bicyclic) bond motifs is 4. The first kappa shape index (κ1) is 35.9. The van der Waals surface area contributed by atoms with Crippen LogP contribution in [0, 0.1) is 12.8 Å². The minimum Gasteiger partial charge on any atom is -0.482 e. The molecule has 2 aromatic rings. The second-order valence-corrected chi connectivity index (χ2v) is 15.1. The Labute approximate surface area is 306 Å². The maximum atomic E-state index is 13.4. The molecule has 282 valence electrons. The number of aliphatic hydroxyl groups is 5. The highest BCUT2D eigenvalue weighted by Crippen LogP contribution is 2.51. The summed E-state index contributed by atoms with van der Waals surface area (Å²) in [6.07, 6.45) is 10.0. The van der Waals surface area contributed by atoms with Crippen LogP contribution in [-0.2, 0) is 16.2 Å². The van der Waals surface area contributed by atoms with Gasteiger partial charge in [-0.2, -0.15) is 0 Å². The average Bonchev–Trinajstić information content (AvgIpc) is 3.95. The number of allylic oxidation sites excluding steroid dienone is 2. The van der Waals surface area contributed by atoms with Gasteiger partial charge in [-0.15, -0.1) is 0 Å². The number of aryl methyl sites for hydroxylation is 1. The second kappa shape index (κ2) is 13.9. The Kier molecular flexibility index (Phi) is 9.42. The molecule has 5 aliphatic heterocycles. The van der Waals surface area contributed by atoms with Gasteiger partial charge in [0.2, 0.25) is 0 Å². The molecule has 0 spiro atoms. The van der Waals surface area contributed by atoms with Gasteiger partial charge in [0, 0.05) is 54.7 Å². The molecule has 0 unspecified atom stereocenters. The van der Waals surface area contributed by atoms with Gasteiger partial charge in [-0.3, -0.25) is 14.8 Å². The minimum atomic E-state index is -2.34. The number of aliphatic hydroxyl groups excluding tert-OH is 4. The van der Waals surface area contributed by atoms with Gasteiger partial charge in [0.25, 0.3) is 0 Å². The molecule has 0 saturated heterocycles. The van der Waals surface area contributed by atoms with Crippen LogP contribution >= 0.6 is 0 Å². The molecular formula is C39H46N4O10. The third-order valence-corrected chi connectivity index (χ3v) is 11.7. The standard InChI is InChI=1S/C39H46N4O10/c1-22-14-30(45)26-15-24-16-33(53-50-20-32(47)39(49,37(48)31(46)19-44)21-42-13-10-27-29(42)9-12-40-27)38(2,25-6-4-3-5-7-25)52-35(24)34(36(26)51-22)43-17-23-8-11-41-28(23)18-43/h8-12,14-15,18,25,31-33,37,44,46-49H,3-7,13,16-17,19-21H2,1-2H3/t31-,32+,33-,37-,38-,39-/m1/s1. The van der Waals surface area contributed by atoms with Gasteiger partial charge in [0.1, 0.15) is 53.7 Å². The molecule has 1 saturated carbocycles. The summed E-state index contributed by atoms with van der Waals surface area (Å²) < 4.78 is 13.4. The van der Waals surface area contributed by atoms with Crippen molar-refractivity contribution in [3.63, 3.8) is 0 Å². The lowest BCUT2D eigenvalue weighted by Gasteiger charge is -2.48. The van der Waals surface area contributed by atoms with E-state index in [1.807, 2.05) is 30.2 Å². The second-order valence-electron chi connectivity index (χ2n) is 15.1. The van der Waals surface area contributed by atoms with Crippen molar-refractivity contribution in [2.45, 2.75) is 88.0 Å². The average molecular weight is 731 g/mol. The van der Waals surface area contributed by atoms with Crippen molar-refractivity contribution < 1.29 is 44.5 Å². The number of β-amino-alcohol motifs (C(OH)–C–C–N with tert-alkyl or cyclic N) is 1. The Morgan fingerprint density at radius 2 is 1.87 bits per heavy atom. The molecule has 0 bridgehead atoms. The quantitative estimate of drug-likeness (QED) is 0.159. The maximum absolute atomic E-state index is 13.4. The molecule has 0 amide bonds. The largest absolute Gasteiger partial charge is 0.482 e. The van der Waals surface area contributed by atoms with Crippen LogP contribution in [0.4, 0.5) is 5.69 Å². The predicted octanol–water partition coefficient (Wildman–Crippen LogP) is 2.34. The number of rotatable bonds is 12. The van der Waals surface area contributed by atoms with E-state index in [-0.39, 0.29) is 17.9 Å². The van der Waals surface area contributed by atoms with Crippen molar-refractivity contribution in [1.29, 1.82) is 0 Å². The summed E-state index contributed by atoms with van der Waals surface area (Å²) in [6.45, 7) is 2.94. The van der Waals surface area contributed by atoms with Crippen molar-refractivity contribution >= 4 is 29.1 Å². The molecule has 0 radical (unpaired) electrons. The van der Waals surface area contributed by atoms with Crippen molar-refractivity contribution in [2.24, 2.45) is 15.9 Å². The zero-order valence-electron chi connectivity index (χ0n) is 29.8. The molecule has 1 aliphatic carbocycles. The van der Waals surface area contributed by atoms with E-state index in [1.165, 1.54) is 6.07 Å². The van der Waals surface area contributed by atoms with Crippen LogP contribution < -0.4 is 15.1 Å². The summed E-state index contributed by atoms with van der Waals surface area (Å²) in [4.78, 5) is 37.8. The number of ether oxygens (including phenoxy) is 1. The maximum Gasteiger partial charge on any atom is 0.193 e. The first-order chi connectivity index (χ1) is 25.5. The van der Waals surface area contributed by atoms with Gasteiger partial charge in [-0.1, -0.05) is 19.3 Å². The van der Waals surface area contributed by atoms with Crippen LogP contribution in [0.15, 0.2) is 78.4 Å². The number of benzene rings is 1. The smallest absolute Gasteiger partial charge is 0.193 e. The van der Waals surface area contributed by atoms with Crippen LogP contribution in [0.3, 0.4) is 0 Å². The van der Waals surface area contributed by atoms with Gasteiger partial charge in [-0.05, 0) is 51.0 Å². The topological polar surface area (TPSA) is 190 Å². The Hall–Kier alpha value is -4.15. The van der Waals surface area contributed by atoms with E-state index >= 15 is 0 Å². The summed E-state index contributed by atoms with van der Waals surface area (Å²) >= 11 is 0. The SMILES string of the molecule is Cc1cc(=O)c2cc3c(c(N4C=C5N=CC=C5C4)c2o1)O[C@](C)(C1CCCCC1)[C@H](OOC[C@H](O)[C@](O)(CN1CC=C2N=CC=C21)[C@H](O)[C@H](O)CO)C3. The highest BCUT2D eigenvalue weighted by atomic mass is 17.2. The summed E-state index contributed by atoms with van der Waals surface area (Å²) in [5.74, 6) is 1.16. The number of aliphatic imine (C=N–C) groups is 2. The van der Waals surface area contributed by atoms with Gasteiger partial charge in [0.15, 0.2) is 16.8 Å². The van der Waals surface area contributed by atoms with Crippen molar-refractivity contribution in [2.75, 3.05) is 37.7 Å². The lowest BCUT2D eigenvalue weighted by Crippen LogP contribution is -2.63. The van der Waals surface area contributed by atoms with Gasteiger partial charge in [0.05, 0.1) is 42.2 Å². The highest BCUT2D eigenvalue weighted by Gasteiger charge is 2.52. The summed E-state index contributed by atoms with van der Waals surface area (Å²) in [5.41, 5.74) is 1.67. The van der Waals surface area contributed by atoms with Crippen LogP contribution in [0.2, 0.25) is 0 Å². The van der Waals surface area contributed by atoms with Crippen LogP contribution in [0.25, 0.3) is 11.0 Å². The van der Waals surface area contributed by atoms with E-state index in [4.69, 9.17) is 18.9 Å². The molecular weight excluding hydrogens is 684 g/mol. The molecule has 53 heavy (non-hydrogen) atoms. The van der Waals surface area contributed by atoms with E-state index in [1.54, 1.807) is 36.4 Å². The summed E-state index contributed by atoms with van der Waals surface area (Å²) in [7, 11) is 0. The first-order valence-electron chi connectivity index (χ1n) is 18.4. The molecule has 6 aliphatic rings. The minimum absolute atomic E-state index is 0.0804. The molecule has 6 heterocycles. The van der Waals surface area contributed by atoms with E-state index in [9.17, 15) is 30.3 Å². The zero-order valence-corrected chi connectivity index (χ0v) is 29.8. The Balaban J connectivity index is 1.10. The molecule has 1 fully saturated rings. The van der Waals surface area contributed by atoms with Crippen LogP contribution in [0.1, 0.15) is 50.4 Å². The van der Waals surface area contributed by atoms with E-state index < -0.39 is 48.8 Å². The van der Waals surface area contributed by atoms with Gasteiger partial charge in [-0.25, -0.2) is 9.78 Å². The lowest BCUT2D eigenvalue weighted by molar-refractivity contribution is -0.368. The molecule has 6 atom stereocenters. The van der Waals surface area contributed by atoms with Crippen LogP contribution in [0.5, 0.6) is 5.75 Å². The fourth-order valence-corrected chi connectivity index (χ4v) is 8.61. The molecule has 1 aromatic heterocycles. The normalized spacial score (nSPS) is 26.4. The first-order valence-corrected chi connectivity index (χ1v) is 18.4. The summed E-state index contributed by atoms with van der Waals surface area (Å²) in [6, 6.07) is 3.26. The van der Waals surface area contributed by atoms with E-state index in [0.717, 1.165) is 48.9 Å². The lowest BCUT2D eigenvalue weighted by atomic mass is 9.72. The van der Waals surface area contributed by atoms with Crippen LogP contribution in [-0.4, -0.2) is 111 Å². The number of hydrogen-bond acceptors (Lipinski definition) is 14. The highest BCUT2D eigenvalue weighted by molar-refractivity contribution is 5.96. The molecule has 5 N–H and O–H groups in total. The number of anilines is 1. The Bertz CT molecular complexity index is 2030. The van der Waals surface area contributed by atoms with Gasteiger partial charge >= 0.3 is 0 Å². The van der Waals surface area contributed by atoms with E-state index in [2.05, 4.69) is 9.98 Å². The molecule has 8 rings (SSSR count). The molecule has 14 heteroatoms. The summed E-state index contributed by atoms with van der Waals surface area (Å²) in [5, 5.41) is 54.7. The van der Waals surface area contributed by atoms with Crippen molar-refractivity contribution in [1.82, 2.24) is 4.90 Å². The van der Waals surface area contributed by atoms with Crippen molar-refractivity contribution in [3.8, 4) is 5.75 Å². The fourth-order valence-electron chi connectivity index (χ4n) is 8.61. The monoisotopic (exact) mass is 730 g/mol. The Morgan fingerprint density at radius 3 is 2.64 bits per heavy atom. The molecule has 14 nitrogen and oxygen atoms in total. The van der Waals surface area contributed by atoms with Gasteiger partial charge < -0.3 is 44.5 Å². The Morgan fingerprint density at radius 1 is 1.09 bits per heavy atom. The number of nitrogens with zero attached hydrogens (tertiary/aromatic N) is 4. The fraction of sp³-hybridized carbons (Fsp3) is 0.513. The third kappa shape index (κ3) is 6.25. The number of hydrogen-bond donors (Lipinski definition) is 5. The molecule has 1 aromatic carbocycles. The third-order valence-electron chi connectivity index (χ3n) is 11.7. The zero-order chi connectivity index (χ0) is 37.1. The predicted molar refractivity (Wildman–Crippen MR) is 196 cm³/mol. The van der Waals surface area contributed by atoms with Crippen molar-refractivity contribution in [3.05, 3.63) is 80.8 Å². The van der Waals surface area contributed by atoms with E-state index in [0.29, 0.717) is 59.1 Å².